The van der Waals surface area contributed by atoms with Crippen LogP contribution in [0.3, 0.4) is 0 Å². The Bertz CT molecular complexity index is 768. The predicted octanol–water partition coefficient (Wildman–Crippen LogP) is 2.82. The summed E-state index contributed by atoms with van der Waals surface area (Å²) in [7, 11) is 0. The number of nitrogens with one attached hydrogen (secondary N) is 2. The van der Waals surface area contributed by atoms with Crippen molar-refractivity contribution in [2.75, 3.05) is 5.32 Å². The Labute approximate surface area is 145 Å². The van der Waals surface area contributed by atoms with Crippen molar-refractivity contribution in [2.24, 2.45) is 0 Å². The smallest absolute Gasteiger partial charge is 0.326 e. The normalized spacial score (nSPS) is 11.6. The van der Waals surface area contributed by atoms with Crippen LogP contribution in [-0.2, 0) is 4.79 Å². The second-order valence-electron chi connectivity index (χ2n) is 5.61. The molecule has 2 aromatic rings. The molecule has 1 unspecified atom stereocenters. The first kappa shape index (κ1) is 18.3. The molecule has 0 saturated heterocycles. The molecular weight excluding hydrogens is 324 g/mol. The summed E-state index contributed by atoms with van der Waals surface area (Å²) < 4.78 is 5.03. The molecule has 7 heteroatoms. The van der Waals surface area contributed by atoms with E-state index in [0.717, 1.165) is 5.56 Å². The molecule has 0 aliphatic heterocycles. The van der Waals surface area contributed by atoms with Gasteiger partial charge in [0.25, 0.3) is 11.8 Å². The zero-order valence-electron chi connectivity index (χ0n) is 14.0. The van der Waals surface area contributed by atoms with Crippen LogP contribution in [0.15, 0.2) is 41.0 Å². The van der Waals surface area contributed by atoms with Crippen molar-refractivity contribution in [1.82, 2.24) is 5.32 Å². The van der Waals surface area contributed by atoms with Gasteiger partial charge in [0.15, 0.2) is 5.76 Å². The van der Waals surface area contributed by atoms with Crippen LogP contribution in [0.5, 0.6) is 0 Å². The number of carboxylic acids is 1. The molecule has 1 heterocycles. The number of aliphatic carboxylic acids is 1. The van der Waals surface area contributed by atoms with E-state index in [4.69, 9.17) is 9.52 Å². The van der Waals surface area contributed by atoms with Crippen LogP contribution in [0.2, 0.25) is 0 Å². The van der Waals surface area contributed by atoms with Crippen molar-refractivity contribution in [1.29, 1.82) is 0 Å². The van der Waals surface area contributed by atoms with Gasteiger partial charge in [0.1, 0.15) is 6.04 Å². The number of anilines is 1. The van der Waals surface area contributed by atoms with E-state index >= 15 is 0 Å². The van der Waals surface area contributed by atoms with Gasteiger partial charge in [-0.15, -0.1) is 0 Å². The first-order chi connectivity index (χ1) is 11.9. The summed E-state index contributed by atoms with van der Waals surface area (Å²) in [5, 5.41) is 14.3. The van der Waals surface area contributed by atoms with E-state index in [-0.39, 0.29) is 11.3 Å². The molecule has 0 saturated carbocycles. The predicted molar refractivity (Wildman–Crippen MR) is 91.6 cm³/mol. The Balaban J connectivity index is 2.15. The van der Waals surface area contributed by atoms with Gasteiger partial charge in [-0.1, -0.05) is 19.4 Å². The Hall–Kier alpha value is -3.09. The van der Waals surface area contributed by atoms with E-state index < -0.39 is 23.8 Å². The minimum absolute atomic E-state index is 0.156. The summed E-state index contributed by atoms with van der Waals surface area (Å²) in [5.74, 6) is -1.86. The molecule has 0 spiro atoms. The fourth-order valence-corrected chi connectivity index (χ4v) is 2.28. The fourth-order valence-electron chi connectivity index (χ4n) is 2.28. The molecule has 132 valence electrons. The highest BCUT2D eigenvalue weighted by atomic mass is 16.4. The number of carbonyl (C=O) groups excluding carboxylic acids is 2. The molecule has 0 fully saturated rings. The van der Waals surface area contributed by atoms with Crippen LogP contribution < -0.4 is 10.6 Å². The van der Waals surface area contributed by atoms with Crippen molar-refractivity contribution >= 4 is 23.5 Å². The van der Waals surface area contributed by atoms with E-state index in [9.17, 15) is 14.4 Å². The van der Waals surface area contributed by atoms with Crippen LogP contribution in [0.4, 0.5) is 5.69 Å². The molecule has 25 heavy (non-hydrogen) atoms. The van der Waals surface area contributed by atoms with Gasteiger partial charge >= 0.3 is 5.97 Å². The van der Waals surface area contributed by atoms with Gasteiger partial charge in [-0.3, -0.25) is 9.59 Å². The fraction of sp³-hybridized carbons (Fsp3) is 0.278. The molecule has 0 aliphatic rings. The zero-order valence-corrected chi connectivity index (χ0v) is 14.0. The van der Waals surface area contributed by atoms with Gasteiger partial charge in [0, 0.05) is 11.3 Å². The first-order valence-corrected chi connectivity index (χ1v) is 7.91. The van der Waals surface area contributed by atoms with Crippen LogP contribution in [-0.4, -0.2) is 28.9 Å². The number of carbonyl (C=O) groups is 3. The summed E-state index contributed by atoms with van der Waals surface area (Å²) in [4.78, 5) is 35.6. The molecule has 1 aromatic carbocycles. The third-order valence-corrected chi connectivity index (χ3v) is 3.67. The molecular formula is C18H20N2O5. The largest absolute Gasteiger partial charge is 0.480 e. The number of hydrogen-bond donors (Lipinski definition) is 3. The Kier molecular flexibility index (Phi) is 5.94. The van der Waals surface area contributed by atoms with Crippen LogP contribution in [0.1, 0.15) is 46.2 Å². The second-order valence-corrected chi connectivity index (χ2v) is 5.61. The second kappa shape index (κ2) is 8.14. The SMILES string of the molecule is CCCC(NC(=O)c1ccc(C)c(NC(=O)c2ccco2)c1)C(=O)O. The van der Waals surface area contributed by atoms with E-state index in [1.807, 2.05) is 6.92 Å². The molecule has 0 bridgehead atoms. The van der Waals surface area contributed by atoms with E-state index in [2.05, 4.69) is 10.6 Å². The lowest BCUT2D eigenvalue weighted by atomic mass is 10.1. The Morgan fingerprint density at radius 3 is 2.56 bits per heavy atom. The van der Waals surface area contributed by atoms with Crippen LogP contribution >= 0.6 is 0 Å². The van der Waals surface area contributed by atoms with Crippen molar-refractivity contribution < 1.29 is 23.9 Å². The van der Waals surface area contributed by atoms with E-state index in [1.54, 1.807) is 25.1 Å². The van der Waals surface area contributed by atoms with Gasteiger partial charge in [0.2, 0.25) is 0 Å². The first-order valence-electron chi connectivity index (χ1n) is 7.91. The lowest BCUT2D eigenvalue weighted by Crippen LogP contribution is -2.40. The highest BCUT2D eigenvalue weighted by Crippen LogP contribution is 2.18. The quantitative estimate of drug-likeness (QED) is 0.715. The van der Waals surface area contributed by atoms with Crippen molar-refractivity contribution in [3.8, 4) is 0 Å². The van der Waals surface area contributed by atoms with Crippen LogP contribution in [0, 0.1) is 6.92 Å². The van der Waals surface area contributed by atoms with Gasteiger partial charge in [-0.05, 0) is 43.2 Å². The number of aryl methyl sites for hydroxylation is 1. The number of amides is 2. The maximum absolute atomic E-state index is 12.3. The zero-order chi connectivity index (χ0) is 18.4. The molecule has 1 atom stereocenters. The molecule has 2 amide bonds. The van der Waals surface area contributed by atoms with Crippen LogP contribution in [0.25, 0.3) is 0 Å². The Morgan fingerprint density at radius 1 is 1.20 bits per heavy atom. The maximum Gasteiger partial charge on any atom is 0.326 e. The van der Waals surface area contributed by atoms with Crippen molar-refractivity contribution in [3.63, 3.8) is 0 Å². The summed E-state index contributed by atoms with van der Waals surface area (Å²) in [6.07, 6.45) is 2.37. The number of rotatable bonds is 7. The lowest BCUT2D eigenvalue weighted by Gasteiger charge is -2.15. The van der Waals surface area contributed by atoms with Crippen molar-refractivity contribution in [3.05, 3.63) is 53.5 Å². The minimum Gasteiger partial charge on any atom is -0.480 e. The number of carboxylic acid groups (broad SMARTS) is 1. The summed E-state index contributed by atoms with van der Waals surface area (Å²) in [6.45, 7) is 3.63. The van der Waals surface area contributed by atoms with Gasteiger partial charge < -0.3 is 20.2 Å². The average molecular weight is 344 g/mol. The van der Waals surface area contributed by atoms with E-state index in [1.165, 1.54) is 18.4 Å². The van der Waals surface area contributed by atoms with Gasteiger partial charge in [-0.2, -0.15) is 0 Å². The standard InChI is InChI=1S/C18H20N2O5/c1-3-5-13(18(23)24)19-16(21)12-8-7-11(2)14(10-12)20-17(22)15-6-4-9-25-15/h4,6-10,13H,3,5H2,1-2H3,(H,19,21)(H,20,22)(H,23,24). The van der Waals surface area contributed by atoms with Crippen molar-refractivity contribution in [2.45, 2.75) is 32.7 Å². The summed E-state index contributed by atoms with van der Waals surface area (Å²) >= 11 is 0. The topological polar surface area (TPSA) is 109 Å². The molecule has 1 aromatic heterocycles. The third kappa shape index (κ3) is 4.69. The highest BCUT2D eigenvalue weighted by molar-refractivity contribution is 6.04. The number of benzene rings is 1. The maximum atomic E-state index is 12.3. The number of hydrogen-bond acceptors (Lipinski definition) is 4. The number of furan rings is 1. The molecule has 2 rings (SSSR count). The van der Waals surface area contributed by atoms with Gasteiger partial charge in [-0.25, -0.2) is 4.79 Å². The van der Waals surface area contributed by atoms with Gasteiger partial charge in [0.05, 0.1) is 6.26 Å². The third-order valence-electron chi connectivity index (χ3n) is 3.67. The monoisotopic (exact) mass is 344 g/mol. The Morgan fingerprint density at radius 2 is 1.96 bits per heavy atom. The molecule has 7 nitrogen and oxygen atoms in total. The summed E-state index contributed by atoms with van der Waals surface area (Å²) in [6, 6.07) is 6.96. The average Bonchev–Trinajstić information content (AvgIpc) is 3.10. The minimum atomic E-state index is -1.08. The summed E-state index contributed by atoms with van der Waals surface area (Å²) in [5.41, 5.74) is 1.49. The van der Waals surface area contributed by atoms with E-state index in [0.29, 0.717) is 18.5 Å². The molecule has 0 radical (unpaired) electrons. The molecule has 3 N–H and O–H groups in total. The lowest BCUT2D eigenvalue weighted by molar-refractivity contribution is -0.139. The highest BCUT2D eigenvalue weighted by Gasteiger charge is 2.20. The molecule has 0 aliphatic carbocycles.